The molecule has 0 atom stereocenters. The smallest absolute Gasteiger partial charge is 0.265 e. The van der Waals surface area contributed by atoms with Gasteiger partial charge in [-0.1, -0.05) is 18.2 Å². The standard InChI is InChI=1S/C16H18N2OS/c17-10-12-6-1-3-7-13(12)18-16(19)15-9-11-5-2-4-8-14(11)20-15/h1,3,6-7,9H,2,4-5,8,10,17H2,(H,18,19). The summed E-state index contributed by atoms with van der Waals surface area (Å²) in [5, 5.41) is 2.98. The number of anilines is 1. The molecule has 3 nitrogen and oxygen atoms in total. The highest BCUT2D eigenvalue weighted by Gasteiger charge is 2.17. The van der Waals surface area contributed by atoms with E-state index in [-0.39, 0.29) is 5.91 Å². The fraction of sp³-hybridized carbons (Fsp3) is 0.312. The number of hydrogen-bond donors (Lipinski definition) is 2. The molecule has 0 radical (unpaired) electrons. The van der Waals surface area contributed by atoms with E-state index in [1.54, 1.807) is 11.3 Å². The quantitative estimate of drug-likeness (QED) is 0.909. The lowest BCUT2D eigenvalue weighted by Gasteiger charge is -2.08. The van der Waals surface area contributed by atoms with Crippen LogP contribution in [0.5, 0.6) is 0 Å². The van der Waals surface area contributed by atoms with Gasteiger partial charge in [-0.3, -0.25) is 4.79 Å². The van der Waals surface area contributed by atoms with Crippen molar-refractivity contribution in [3.8, 4) is 0 Å². The van der Waals surface area contributed by atoms with E-state index in [1.807, 2.05) is 24.3 Å². The Balaban J connectivity index is 1.81. The molecule has 1 heterocycles. The lowest BCUT2D eigenvalue weighted by atomic mass is 9.99. The van der Waals surface area contributed by atoms with E-state index >= 15 is 0 Å². The van der Waals surface area contributed by atoms with Gasteiger partial charge in [0, 0.05) is 17.1 Å². The predicted molar refractivity (Wildman–Crippen MR) is 83.2 cm³/mol. The highest BCUT2D eigenvalue weighted by Crippen LogP contribution is 2.30. The van der Waals surface area contributed by atoms with Gasteiger partial charge in [0.2, 0.25) is 0 Å². The number of fused-ring (bicyclic) bond motifs is 1. The maximum absolute atomic E-state index is 12.4. The normalized spacial score (nSPS) is 13.8. The predicted octanol–water partition coefficient (Wildman–Crippen LogP) is 3.34. The first kappa shape index (κ1) is 13.3. The zero-order valence-corrected chi connectivity index (χ0v) is 12.1. The molecule has 0 saturated carbocycles. The number of para-hydroxylation sites is 1. The molecule has 1 aliphatic carbocycles. The molecule has 1 aromatic carbocycles. The second kappa shape index (κ2) is 5.77. The maximum Gasteiger partial charge on any atom is 0.265 e. The molecule has 104 valence electrons. The number of thiophene rings is 1. The Hall–Kier alpha value is -1.65. The number of carbonyl (C=O) groups is 1. The van der Waals surface area contributed by atoms with Crippen LogP contribution < -0.4 is 11.1 Å². The minimum Gasteiger partial charge on any atom is -0.326 e. The number of hydrogen-bond acceptors (Lipinski definition) is 3. The second-order valence-electron chi connectivity index (χ2n) is 5.08. The Labute approximate surface area is 122 Å². The van der Waals surface area contributed by atoms with E-state index in [0.29, 0.717) is 6.54 Å². The monoisotopic (exact) mass is 286 g/mol. The SMILES string of the molecule is NCc1ccccc1NC(=O)c1cc2c(s1)CCCC2. The van der Waals surface area contributed by atoms with Crippen LogP contribution in [0.1, 0.15) is 38.5 Å². The topological polar surface area (TPSA) is 55.1 Å². The number of benzene rings is 1. The van der Waals surface area contributed by atoms with Crippen molar-refractivity contribution in [2.45, 2.75) is 32.2 Å². The van der Waals surface area contributed by atoms with Crippen molar-refractivity contribution in [1.82, 2.24) is 0 Å². The Morgan fingerprint density at radius 2 is 2.05 bits per heavy atom. The number of rotatable bonds is 3. The van der Waals surface area contributed by atoms with Gasteiger partial charge in [0.1, 0.15) is 0 Å². The molecular weight excluding hydrogens is 268 g/mol. The van der Waals surface area contributed by atoms with E-state index in [9.17, 15) is 4.79 Å². The largest absolute Gasteiger partial charge is 0.326 e. The number of nitrogens with one attached hydrogen (secondary N) is 1. The number of nitrogens with two attached hydrogens (primary N) is 1. The van der Waals surface area contributed by atoms with Crippen molar-refractivity contribution < 1.29 is 4.79 Å². The molecular formula is C16H18N2OS. The van der Waals surface area contributed by atoms with Crippen LogP contribution in [0.4, 0.5) is 5.69 Å². The lowest BCUT2D eigenvalue weighted by Crippen LogP contribution is -2.13. The van der Waals surface area contributed by atoms with Crippen LogP contribution in [0.25, 0.3) is 0 Å². The molecule has 2 aromatic rings. The Bertz CT molecular complexity index is 610. The molecule has 1 amide bonds. The summed E-state index contributed by atoms with van der Waals surface area (Å²) in [5.74, 6) is -0.0229. The summed E-state index contributed by atoms with van der Waals surface area (Å²) in [6.07, 6.45) is 4.70. The Morgan fingerprint density at radius 3 is 2.85 bits per heavy atom. The van der Waals surface area contributed by atoms with Gasteiger partial charge >= 0.3 is 0 Å². The van der Waals surface area contributed by atoms with E-state index < -0.39 is 0 Å². The summed E-state index contributed by atoms with van der Waals surface area (Å²) in [5.41, 5.74) is 8.83. The molecule has 3 N–H and O–H groups in total. The van der Waals surface area contributed by atoms with Gasteiger partial charge in [0.15, 0.2) is 0 Å². The molecule has 0 fully saturated rings. The zero-order valence-electron chi connectivity index (χ0n) is 11.3. The van der Waals surface area contributed by atoms with Gasteiger partial charge in [0.25, 0.3) is 5.91 Å². The van der Waals surface area contributed by atoms with Gasteiger partial charge in [-0.25, -0.2) is 0 Å². The van der Waals surface area contributed by atoms with Crippen LogP contribution in [0, 0.1) is 0 Å². The molecule has 0 bridgehead atoms. The third-order valence-electron chi connectivity index (χ3n) is 3.71. The minimum absolute atomic E-state index is 0.0229. The molecule has 20 heavy (non-hydrogen) atoms. The summed E-state index contributed by atoms with van der Waals surface area (Å²) in [6.45, 7) is 0.428. The first-order chi connectivity index (χ1) is 9.78. The van der Waals surface area contributed by atoms with E-state index in [0.717, 1.165) is 29.0 Å². The second-order valence-corrected chi connectivity index (χ2v) is 6.22. The Morgan fingerprint density at radius 1 is 1.25 bits per heavy atom. The number of aryl methyl sites for hydroxylation is 2. The molecule has 4 heteroatoms. The van der Waals surface area contributed by atoms with Crippen molar-refractivity contribution in [1.29, 1.82) is 0 Å². The van der Waals surface area contributed by atoms with Crippen LogP contribution in [0.2, 0.25) is 0 Å². The Kier molecular flexibility index (Phi) is 3.85. The molecule has 0 aliphatic heterocycles. The van der Waals surface area contributed by atoms with Crippen molar-refractivity contribution in [2.24, 2.45) is 5.73 Å². The molecule has 0 unspecified atom stereocenters. The summed E-state index contributed by atoms with van der Waals surface area (Å²) in [6, 6.07) is 9.73. The third kappa shape index (κ3) is 2.62. The lowest BCUT2D eigenvalue weighted by molar-refractivity contribution is 0.103. The van der Waals surface area contributed by atoms with Crippen LogP contribution in [0.3, 0.4) is 0 Å². The summed E-state index contributed by atoms with van der Waals surface area (Å²) >= 11 is 1.63. The molecule has 0 spiro atoms. The first-order valence-corrected chi connectivity index (χ1v) is 7.80. The summed E-state index contributed by atoms with van der Waals surface area (Å²) in [4.78, 5) is 14.6. The van der Waals surface area contributed by atoms with Crippen LogP contribution in [-0.4, -0.2) is 5.91 Å². The highest BCUT2D eigenvalue weighted by atomic mass is 32.1. The van der Waals surface area contributed by atoms with E-state index in [2.05, 4.69) is 11.4 Å². The highest BCUT2D eigenvalue weighted by molar-refractivity contribution is 7.14. The van der Waals surface area contributed by atoms with Gasteiger partial charge in [-0.15, -0.1) is 11.3 Å². The average molecular weight is 286 g/mol. The van der Waals surface area contributed by atoms with E-state index in [4.69, 9.17) is 5.73 Å². The van der Waals surface area contributed by atoms with Crippen molar-refractivity contribution in [3.63, 3.8) is 0 Å². The van der Waals surface area contributed by atoms with E-state index in [1.165, 1.54) is 23.3 Å². The fourth-order valence-corrected chi connectivity index (χ4v) is 3.76. The van der Waals surface area contributed by atoms with Crippen molar-refractivity contribution >= 4 is 22.9 Å². The molecule has 1 aliphatic rings. The minimum atomic E-state index is -0.0229. The van der Waals surface area contributed by atoms with Crippen LogP contribution >= 0.6 is 11.3 Å². The van der Waals surface area contributed by atoms with Crippen molar-refractivity contribution in [3.05, 3.63) is 51.2 Å². The number of amides is 1. The number of carbonyl (C=O) groups excluding carboxylic acids is 1. The molecule has 3 rings (SSSR count). The van der Waals surface area contributed by atoms with Crippen LogP contribution in [-0.2, 0) is 19.4 Å². The third-order valence-corrected chi connectivity index (χ3v) is 4.94. The van der Waals surface area contributed by atoms with Gasteiger partial charge in [-0.05, 0) is 48.9 Å². The average Bonchev–Trinajstić information content (AvgIpc) is 2.92. The van der Waals surface area contributed by atoms with Crippen LogP contribution in [0.15, 0.2) is 30.3 Å². The van der Waals surface area contributed by atoms with Crippen molar-refractivity contribution in [2.75, 3.05) is 5.32 Å². The summed E-state index contributed by atoms with van der Waals surface area (Å²) < 4.78 is 0. The molecule has 1 aromatic heterocycles. The van der Waals surface area contributed by atoms with Gasteiger partial charge < -0.3 is 11.1 Å². The maximum atomic E-state index is 12.4. The van der Waals surface area contributed by atoms with Gasteiger partial charge in [0.05, 0.1) is 4.88 Å². The summed E-state index contributed by atoms with van der Waals surface area (Å²) in [7, 11) is 0. The molecule has 0 saturated heterocycles. The zero-order chi connectivity index (χ0) is 13.9. The first-order valence-electron chi connectivity index (χ1n) is 6.99. The fourth-order valence-electron chi connectivity index (χ4n) is 2.61. The van der Waals surface area contributed by atoms with Gasteiger partial charge in [-0.2, -0.15) is 0 Å².